The molecule has 0 aliphatic heterocycles. The molecule has 5 rings (SSSR count). The highest BCUT2D eigenvalue weighted by molar-refractivity contribution is 7.99. The zero-order valence-electron chi connectivity index (χ0n) is 19.8. The van der Waals surface area contributed by atoms with E-state index in [2.05, 4.69) is 33.9 Å². The maximum Gasteiger partial charge on any atom is 0.433 e. The van der Waals surface area contributed by atoms with E-state index in [-0.39, 0.29) is 5.91 Å². The van der Waals surface area contributed by atoms with Crippen LogP contribution in [0.1, 0.15) is 58.7 Å². The van der Waals surface area contributed by atoms with Crippen molar-refractivity contribution in [1.29, 1.82) is 0 Å². The maximum absolute atomic E-state index is 12.9. The monoisotopic (exact) mass is 509 g/mol. The van der Waals surface area contributed by atoms with Gasteiger partial charge in [-0.25, -0.2) is 0 Å². The zero-order valence-corrected chi connectivity index (χ0v) is 20.6. The molecule has 2 heterocycles. The van der Waals surface area contributed by atoms with Crippen molar-refractivity contribution in [1.82, 2.24) is 14.9 Å². The molecule has 1 fully saturated rings. The summed E-state index contributed by atoms with van der Waals surface area (Å²) in [5, 5.41) is 3.94. The summed E-state index contributed by atoms with van der Waals surface area (Å²) >= 11 is 1.78. The number of hydrogen-bond donors (Lipinski definition) is 1. The van der Waals surface area contributed by atoms with Gasteiger partial charge in [-0.05, 0) is 72.2 Å². The minimum Gasteiger partial charge on any atom is -0.348 e. The van der Waals surface area contributed by atoms with E-state index in [0.717, 1.165) is 46.8 Å². The van der Waals surface area contributed by atoms with Crippen LogP contribution in [0.2, 0.25) is 0 Å². The van der Waals surface area contributed by atoms with Gasteiger partial charge in [-0.15, -0.1) is 11.8 Å². The molecule has 8 heteroatoms. The molecule has 4 nitrogen and oxygen atoms in total. The Balaban J connectivity index is 1.33. The molecule has 0 unspecified atom stereocenters. The molecule has 2 aromatic carbocycles. The topological polar surface area (TPSA) is 46.9 Å². The van der Waals surface area contributed by atoms with Crippen molar-refractivity contribution < 1.29 is 18.0 Å². The molecule has 0 atom stereocenters. The van der Waals surface area contributed by atoms with Gasteiger partial charge in [0.15, 0.2) is 0 Å². The van der Waals surface area contributed by atoms with Gasteiger partial charge >= 0.3 is 6.18 Å². The molecule has 0 saturated heterocycles. The van der Waals surface area contributed by atoms with Crippen molar-refractivity contribution in [3.8, 4) is 0 Å². The Bertz CT molecular complexity index is 1370. The second-order valence-electron chi connectivity index (χ2n) is 9.00. The van der Waals surface area contributed by atoms with Crippen molar-refractivity contribution >= 4 is 28.6 Å². The molecule has 1 N–H and O–H groups in total. The van der Waals surface area contributed by atoms with E-state index in [1.54, 1.807) is 11.8 Å². The van der Waals surface area contributed by atoms with Crippen LogP contribution in [0.25, 0.3) is 10.9 Å². The number of rotatable bonds is 8. The highest BCUT2D eigenvalue weighted by Gasteiger charge is 2.32. The largest absolute Gasteiger partial charge is 0.433 e. The minimum atomic E-state index is -4.45. The van der Waals surface area contributed by atoms with Crippen LogP contribution < -0.4 is 5.32 Å². The van der Waals surface area contributed by atoms with Gasteiger partial charge in [-0.1, -0.05) is 25.1 Å². The summed E-state index contributed by atoms with van der Waals surface area (Å²) in [7, 11) is 0. The van der Waals surface area contributed by atoms with Gasteiger partial charge in [0.2, 0.25) is 0 Å². The molecule has 2 aromatic heterocycles. The second-order valence-corrected chi connectivity index (χ2v) is 10.3. The van der Waals surface area contributed by atoms with Gasteiger partial charge in [-0.2, -0.15) is 13.2 Å². The standard InChI is InChI=1S/C28H26F3N3OS/c1-2-36-24-9-3-18(4-10-24)16-33-27(35)20-6-11-25-21(14-20)15-23(34(25)22-7-8-22)13-19-5-12-26(32-17-19)28(29,30)31/h3-6,9-12,14-15,17,22H,2,7-8,13,16H2,1H3,(H,33,35). The van der Waals surface area contributed by atoms with E-state index < -0.39 is 11.9 Å². The highest BCUT2D eigenvalue weighted by atomic mass is 32.2. The number of carbonyl (C=O) groups is 1. The quantitative estimate of drug-likeness (QED) is 0.260. The molecule has 1 aliphatic carbocycles. The van der Waals surface area contributed by atoms with E-state index in [1.807, 2.05) is 36.4 Å². The fourth-order valence-electron chi connectivity index (χ4n) is 4.40. The van der Waals surface area contributed by atoms with Crippen molar-refractivity contribution in [3.05, 3.63) is 94.9 Å². The molecule has 0 bridgehead atoms. The lowest BCUT2D eigenvalue weighted by Gasteiger charge is -2.11. The van der Waals surface area contributed by atoms with Crippen LogP contribution in [0, 0.1) is 0 Å². The first-order valence-electron chi connectivity index (χ1n) is 12.0. The molecule has 1 aliphatic rings. The Morgan fingerprint density at radius 1 is 1.06 bits per heavy atom. The number of benzene rings is 2. The fourth-order valence-corrected chi connectivity index (χ4v) is 5.06. The summed E-state index contributed by atoms with van der Waals surface area (Å²) < 4.78 is 40.8. The number of pyridine rings is 1. The Hall–Kier alpha value is -3.26. The van der Waals surface area contributed by atoms with Gasteiger partial charge in [0.1, 0.15) is 5.69 Å². The highest BCUT2D eigenvalue weighted by Crippen LogP contribution is 2.40. The normalized spacial score (nSPS) is 13.8. The van der Waals surface area contributed by atoms with Crippen LogP contribution in [-0.2, 0) is 19.1 Å². The number of carbonyl (C=O) groups excluding carboxylic acids is 1. The van der Waals surface area contributed by atoms with Crippen molar-refractivity contribution in [2.24, 2.45) is 0 Å². The van der Waals surface area contributed by atoms with Crippen LogP contribution in [0.5, 0.6) is 0 Å². The zero-order chi connectivity index (χ0) is 25.3. The van der Waals surface area contributed by atoms with E-state index >= 15 is 0 Å². The number of fused-ring (bicyclic) bond motifs is 1. The first kappa shape index (κ1) is 24.4. The number of hydrogen-bond acceptors (Lipinski definition) is 3. The van der Waals surface area contributed by atoms with Crippen LogP contribution >= 0.6 is 11.8 Å². The van der Waals surface area contributed by atoms with Crippen LogP contribution in [0.3, 0.4) is 0 Å². The fraction of sp³-hybridized carbons (Fsp3) is 0.286. The Kier molecular flexibility index (Phi) is 6.79. The number of amides is 1. The van der Waals surface area contributed by atoms with Crippen molar-refractivity contribution in [2.75, 3.05) is 5.75 Å². The van der Waals surface area contributed by atoms with E-state index in [9.17, 15) is 18.0 Å². The molecule has 186 valence electrons. The number of nitrogens with zero attached hydrogens (tertiary/aromatic N) is 2. The molecule has 36 heavy (non-hydrogen) atoms. The molecule has 1 amide bonds. The lowest BCUT2D eigenvalue weighted by atomic mass is 10.1. The SMILES string of the molecule is CCSc1ccc(CNC(=O)c2ccc3c(c2)cc(Cc2ccc(C(F)(F)F)nc2)n3C2CC2)cc1. The Labute approximate surface area is 211 Å². The number of alkyl halides is 3. The predicted molar refractivity (Wildman–Crippen MR) is 136 cm³/mol. The van der Waals surface area contributed by atoms with E-state index in [1.165, 1.54) is 17.2 Å². The van der Waals surface area contributed by atoms with Gasteiger partial charge in [-0.3, -0.25) is 9.78 Å². The molecular formula is C28H26F3N3OS. The molecule has 0 spiro atoms. The van der Waals surface area contributed by atoms with Crippen molar-refractivity contribution in [2.45, 2.75) is 49.8 Å². The maximum atomic E-state index is 12.9. The third-order valence-electron chi connectivity index (χ3n) is 6.28. The van der Waals surface area contributed by atoms with Crippen molar-refractivity contribution in [3.63, 3.8) is 0 Å². The summed E-state index contributed by atoms with van der Waals surface area (Å²) in [5.74, 6) is 0.876. The summed E-state index contributed by atoms with van der Waals surface area (Å²) in [6.07, 6.45) is -0.538. The second kappa shape index (κ2) is 10.0. The third-order valence-corrected chi connectivity index (χ3v) is 7.17. The smallest absolute Gasteiger partial charge is 0.348 e. The molecule has 0 radical (unpaired) electrons. The van der Waals surface area contributed by atoms with Gasteiger partial charge < -0.3 is 9.88 Å². The molecule has 1 saturated carbocycles. The number of halogens is 3. The lowest BCUT2D eigenvalue weighted by molar-refractivity contribution is -0.141. The predicted octanol–water partition coefficient (Wildman–Crippen LogP) is 7.02. The summed E-state index contributed by atoms with van der Waals surface area (Å²) in [6.45, 7) is 2.56. The molecule has 4 aromatic rings. The average Bonchev–Trinajstić information content (AvgIpc) is 3.63. The number of aromatic nitrogens is 2. The van der Waals surface area contributed by atoms with Crippen LogP contribution in [0.4, 0.5) is 13.2 Å². The van der Waals surface area contributed by atoms with Gasteiger partial charge in [0, 0.05) is 52.3 Å². The summed E-state index contributed by atoms with van der Waals surface area (Å²) in [5.41, 5.74) is 3.49. The first-order chi connectivity index (χ1) is 17.3. The minimum absolute atomic E-state index is 0.142. The van der Waals surface area contributed by atoms with Gasteiger partial charge in [0.25, 0.3) is 5.91 Å². The molecular weight excluding hydrogens is 483 g/mol. The average molecular weight is 510 g/mol. The Morgan fingerprint density at radius 2 is 1.81 bits per heavy atom. The van der Waals surface area contributed by atoms with Crippen LogP contribution in [-0.4, -0.2) is 21.2 Å². The number of thioether (sulfide) groups is 1. The Morgan fingerprint density at radius 3 is 2.44 bits per heavy atom. The third kappa shape index (κ3) is 5.43. The lowest BCUT2D eigenvalue weighted by Crippen LogP contribution is -2.22. The first-order valence-corrected chi connectivity index (χ1v) is 13.0. The van der Waals surface area contributed by atoms with E-state index in [4.69, 9.17) is 0 Å². The summed E-state index contributed by atoms with van der Waals surface area (Å²) in [4.78, 5) is 17.7. The summed E-state index contributed by atoms with van der Waals surface area (Å²) in [6, 6.07) is 18.8. The number of nitrogens with one attached hydrogen (secondary N) is 1. The van der Waals surface area contributed by atoms with Gasteiger partial charge in [0.05, 0.1) is 0 Å². The van der Waals surface area contributed by atoms with Crippen LogP contribution in [0.15, 0.2) is 71.8 Å². The van der Waals surface area contributed by atoms with E-state index in [0.29, 0.717) is 30.1 Å².